The van der Waals surface area contributed by atoms with Gasteiger partial charge >= 0.3 is 5.97 Å². The van der Waals surface area contributed by atoms with Gasteiger partial charge in [-0.05, 0) is 31.5 Å². The van der Waals surface area contributed by atoms with Crippen LogP contribution >= 0.6 is 0 Å². The highest BCUT2D eigenvalue weighted by atomic mass is 16.5. The number of hydrogen-bond donors (Lipinski definition) is 0. The molecule has 1 heterocycles. The molecule has 0 radical (unpaired) electrons. The van der Waals surface area contributed by atoms with Crippen molar-refractivity contribution in [2.45, 2.75) is 32.2 Å². The van der Waals surface area contributed by atoms with E-state index in [0.29, 0.717) is 18.9 Å². The summed E-state index contributed by atoms with van der Waals surface area (Å²) < 4.78 is 10.4. The highest BCUT2D eigenvalue weighted by Gasteiger charge is 2.36. The Bertz CT molecular complexity index is 413. The Labute approximate surface area is 108 Å². The molecule has 1 aliphatic carbocycles. The predicted octanol–water partition coefficient (Wildman–Crippen LogP) is 2.40. The fraction of sp³-hybridized carbons (Fsp3) is 0.643. The number of ether oxygens (including phenoxy) is 1. The van der Waals surface area contributed by atoms with Crippen LogP contribution in [0.2, 0.25) is 0 Å². The van der Waals surface area contributed by atoms with Crippen LogP contribution in [-0.4, -0.2) is 31.6 Å². The zero-order chi connectivity index (χ0) is 13.1. The second-order valence-electron chi connectivity index (χ2n) is 5.19. The van der Waals surface area contributed by atoms with E-state index in [1.165, 1.54) is 13.5 Å². The Kier molecular flexibility index (Phi) is 4.07. The summed E-state index contributed by atoms with van der Waals surface area (Å²) in [6.07, 6.45) is 1.66. The van der Waals surface area contributed by atoms with Gasteiger partial charge < -0.3 is 9.15 Å². The standard InChI is InChI=1S/C14H21NO3/c1-10-8-12(10)13-5-4-11(18-13)9-15(2)7-6-14(16)17-3/h4-5,10,12H,6-9H2,1-3H3/t10-,12+/m1/s1. The summed E-state index contributed by atoms with van der Waals surface area (Å²) in [5, 5.41) is 0. The Morgan fingerprint density at radius 3 is 2.89 bits per heavy atom. The molecule has 1 saturated carbocycles. The molecule has 0 N–H and O–H groups in total. The van der Waals surface area contributed by atoms with Gasteiger partial charge in [0.15, 0.2) is 0 Å². The third-order valence-electron chi connectivity index (χ3n) is 3.51. The van der Waals surface area contributed by atoms with Crippen molar-refractivity contribution in [3.63, 3.8) is 0 Å². The van der Waals surface area contributed by atoms with Gasteiger partial charge in [-0.1, -0.05) is 6.92 Å². The average Bonchev–Trinajstić information content (AvgIpc) is 2.89. The Morgan fingerprint density at radius 2 is 2.28 bits per heavy atom. The summed E-state index contributed by atoms with van der Waals surface area (Å²) in [5.74, 6) is 3.30. The number of furan rings is 1. The zero-order valence-electron chi connectivity index (χ0n) is 11.3. The maximum atomic E-state index is 11.0. The third kappa shape index (κ3) is 3.35. The fourth-order valence-electron chi connectivity index (χ4n) is 2.13. The molecular formula is C14H21NO3. The minimum absolute atomic E-state index is 0.172. The monoisotopic (exact) mass is 251 g/mol. The quantitative estimate of drug-likeness (QED) is 0.728. The molecule has 0 aliphatic heterocycles. The molecule has 2 atom stereocenters. The molecule has 0 bridgehead atoms. The normalized spacial score (nSPS) is 22.2. The molecule has 2 rings (SSSR count). The molecular weight excluding hydrogens is 230 g/mol. The number of carbonyl (C=O) groups excluding carboxylic acids is 1. The smallest absolute Gasteiger partial charge is 0.306 e. The Morgan fingerprint density at radius 1 is 1.56 bits per heavy atom. The van der Waals surface area contributed by atoms with E-state index in [1.807, 2.05) is 13.1 Å². The topological polar surface area (TPSA) is 42.7 Å². The molecule has 100 valence electrons. The van der Waals surface area contributed by atoms with Gasteiger partial charge in [0.25, 0.3) is 0 Å². The van der Waals surface area contributed by atoms with E-state index in [2.05, 4.69) is 22.6 Å². The van der Waals surface area contributed by atoms with Crippen LogP contribution in [-0.2, 0) is 16.1 Å². The Hall–Kier alpha value is -1.29. The van der Waals surface area contributed by atoms with E-state index in [0.717, 1.165) is 24.0 Å². The lowest BCUT2D eigenvalue weighted by Gasteiger charge is -2.13. The third-order valence-corrected chi connectivity index (χ3v) is 3.51. The predicted molar refractivity (Wildman–Crippen MR) is 68.2 cm³/mol. The van der Waals surface area contributed by atoms with Crippen LogP contribution in [0.1, 0.15) is 37.2 Å². The van der Waals surface area contributed by atoms with Gasteiger partial charge in [-0.2, -0.15) is 0 Å². The van der Waals surface area contributed by atoms with Gasteiger partial charge in [-0.3, -0.25) is 9.69 Å². The zero-order valence-corrected chi connectivity index (χ0v) is 11.3. The average molecular weight is 251 g/mol. The molecule has 1 aromatic rings. The van der Waals surface area contributed by atoms with Crippen LogP contribution < -0.4 is 0 Å². The van der Waals surface area contributed by atoms with Crippen molar-refractivity contribution in [2.75, 3.05) is 20.7 Å². The van der Waals surface area contributed by atoms with E-state index in [-0.39, 0.29) is 5.97 Å². The van der Waals surface area contributed by atoms with Crippen LogP contribution in [0.15, 0.2) is 16.5 Å². The molecule has 0 amide bonds. The van der Waals surface area contributed by atoms with Crippen molar-refractivity contribution in [3.8, 4) is 0 Å². The van der Waals surface area contributed by atoms with Gasteiger partial charge in [0.1, 0.15) is 11.5 Å². The highest BCUT2D eigenvalue weighted by molar-refractivity contribution is 5.69. The summed E-state index contributed by atoms with van der Waals surface area (Å²) in [5.41, 5.74) is 0. The first kappa shape index (κ1) is 13.1. The SMILES string of the molecule is COC(=O)CCN(C)Cc1ccc([C@H]2C[C@H]2C)o1. The highest BCUT2D eigenvalue weighted by Crippen LogP contribution is 2.47. The van der Waals surface area contributed by atoms with Gasteiger partial charge in [0.05, 0.1) is 20.1 Å². The summed E-state index contributed by atoms with van der Waals surface area (Å²) in [6, 6.07) is 4.12. The summed E-state index contributed by atoms with van der Waals surface area (Å²) >= 11 is 0. The molecule has 4 heteroatoms. The second-order valence-corrected chi connectivity index (χ2v) is 5.19. The van der Waals surface area contributed by atoms with Crippen molar-refractivity contribution in [3.05, 3.63) is 23.7 Å². The maximum Gasteiger partial charge on any atom is 0.306 e. The molecule has 0 unspecified atom stereocenters. The van der Waals surface area contributed by atoms with Crippen molar-refractivity contribution in [2.24, 2.45) is 5.92 Å². The molecule has 18 heavy (non-hydrogen) atoms. The van der Waals surface area contributed by atoms with Crippen molar-refractivity contribution in [1.82, 2.24) is 4.90 Å². The lowest BCUT2D eigenvalue weighted by Crippen LogP contribution is -2.21. The van der Waals surface area contributed by atoms with Gasteiger partial charge in [-0.25, -0.2) is 0 Å². The van der Waals surface area contributed by atoms with E-state index in [9.17, 15) is 4.79 Å². The van der Waals surface area contributed by atoms with E-state index in [1.54, 1.807) is 0 Å². The summed E-state index contributed by atoms with van der Waals surface area (Å²) in [7, 11) is 3.39. The minimum Gasteiger partial charge on any atom is -0.469 e. The number of nitrogens with zero attached hydrogens (tertiary/aromatic N) is 1. The molecule has 1 fully saturated rings. The van der Waals surface area contributed by atoms with Gasteiger partial charge in [0.2, 0.25) is 0 Å². The molecule has 0 aromatic carbocycles. The van der Waals surface area contributed by atoms with E-state index >= 15 is 0 Å². The molecule has 0 spiro atoms. The van der Waals surface area contributed by atoms with Crippen LogP contribution in [0.5, 0.6) is 0 Å². The fourth-order valence-corrected chi connectivity index (χ4v) is 2.13. The van der Waals surface area contributed by atoms with E-state index in [4.69, 9.17) is 4.42 Å². The first-order valence-corrected chi connectivity index (χ1v) is 6.44. The lowest BCUT2D eigenvalue weighted by atomic mass is 10.3. The van der Waals surface area contributed by atoms with Crippen molar-refractivity contribution in [1.29, 1.82) is 0 Å². The van der Waals surface area contributed by atoms with Crippen molar-refractivity contribution >= 4 is 5.97 Å². The largest absolute Gasteiger partial charge is 0.469 e. The first-order chi connectivity index (χ1) is 8.60. The summed E-state index contributed by atoms with van der Waals surface area (Å²) in [6.45, 7) is 3.66. The Balaban J connectivity index is 1.78. The summed E-state index contributed by atoms with van der Waals surface area (Å²) in [4.78, 5) is 13.1. The van der Waals surface area contributed by atoms with Gasteiger partial charge in [-0.15, -0.1) is 0 Å². The van der Waals surface area contributed by atoms with Crippen LogP contribution in [0.25, 0.3) is 0 Å². The molecule has 1 aromatic heterocycles. The minimum atomic E-state index is -0.172. The number of carbonyl (C=O) groups is 1. The molecule has 4 nitrogen and oxygen atoms in total. The van der Waals surface area contributed by atoms with Crippen molar-refractivity contribution < 1.29 is 13.9 Å². The number of rotatable bonds is 6. The molecule has 0 saturated heterocycles. The molecule has 1 aliphatic rings. The first-order valence-electron chi connectivity index (χ1n) is 6.44. The second kappa shape index (κ2) is 5.57. The van der Waals surface area contributed by atoms with Crippen LogP contribution in [0, 0.1) is 5.92 Å². The number of esters is 1. The maximum absolute atomic E-state index is 11.0. The van der Waals surface area contributed by atoms with Crippen LogP contribution in [0.3, 0.4) is 0 Å². The lowest BCUT2D eigenvalue weighted by molar-refractivity contribution is -0.140. The van der Waals surface area contributed by atoms with E-state index < -0.39 is 0 Å². The number of hydrogen-bond acceptors (Lipinski definition) is 4. The van der Waals surface area contributed by atoms with Crippen LogP contribution in [0.4, 0.5) is 0 Å². The van der Waals surface area contributed by atoms with Gasteiger partial charge in [0, 0.05) is 12.5 Å². The number of methoxy groups -OCH3 is 1.